The molecule has 7 nitrogen and oxygen atoms in total. The van der Waals surface area contributed by atoms with Crippen LogP contribution in [0.1, 0.15) is 36.2 Å². The van der Waals surface area contributed by atoms with Gasteiger partial charge >= 0.3 is 0 Å². The predicted octanol–water partition coefficient (Wildman–Crippen LogP) is 6.00. The molecule has 1 N–H and O–H groups in total. The summed E-state index contributed by atoms with van der Waals surface area (Å²) in [6.45, 7) is 11.6. The minimum atomic E-state index is -4.37. The fourth-order valence-corrected chi connectivity index (χ4v) is 5.73. The van der Waals surface area contributed by atoms with Gasteiger partial charge in [-0.1, -0.05) is 55.1 Å². The number of sulfonamides is 1. The number of halogens is 2. The lowest BCUT2D eigenvalue weighted by Crippen LogP contribution is -2.42. The number of aromatic nitrogens is 1. The topological polar surface area (TPSA) is 92.9 Å². The first-order chi connectivity index (χ1) is 17.1. The number of alkyl halides is 2. The first-order valence-electron chi connectivity index (χ1n) is 11.9. The number of aliphatic hydroxyl groups excluding tert-OH is 1. The Morgan fingerprint density at radius 3 is 2.32 bits per heavy atom. The number of rotatable bonds is 10. The summed E-state index contributed by atoms with van der Waals surface area (Å²) in [5.41, 5.74) is 0.924. The molecule has 202 valence electrons. The molecule has 0 bridgehead atoms. The molecule has 0 saturated carbocycles. The summed E-state index contributed by atoms with van der Waals surface area (Å²) >= 11 is 0. The van der Waals surface area contributed by atoms with Gasteiger partial charge in [0.2, 0.25) is 5.88 Å². The molecule has 0 amide bonds. The Balaban J connectivity index is 2.21. The van der Waals surface area contributed by atoms with E-state index in [1.54, 1.807) is 19.9 Å². The van der Waals surface area contributed by atoms with Crippen LogP contribution >= 0.6 is 0 Å². The van der Waals surface area contributed by atoms with Gasteiger partial charge in [-0.3, -0.25) is 0 Å². The second-order valence-electron chi connectivity index (χ2n) is 10.3. The van der Waals surface area contributed by atoms with Crippen molar-refractivity contribution < 1.29 is 31.6 Å². The standard InChI is InChI=1S/C26H34F2N2O5SSi/c1-17-18(2)29-35-25(17)30(16-34-19(3)37(5,6)7)36(32,33)24-11-9-8-10-22(24)21-13-12-20(15-31)14-23(21)26(4,27)28/h8-14,19,31H,15-16H2,1-7H3. The van der Waals surface area contributed by atoms with Crippen molar-refractivity contribution in [2.75, 3.05) is 11.0 Å². The summed E-state index contributed by atoms with van der Waals surface area (Å²) in [5, 5.41) is 13.4. The van der Waals surface area contributed by atoms with Crippen LogP contribution in [0.4, 0.5) is 14.7 Å². The van der Waals surface area contributed by atoms with Crippen molar-refractivity contribution in [3.05, 3.63) is 64.8 Å². The van der Waals surface area contributed by atoms with Crippen molar-refractivity contribution in [3.8, 4) is 11.1 Å². The number of hydrogen-bond acceptors (Lipinski definition) is 6. The Morgan fingerprint density at radius 1 is 1.14 bits per heavy atom. The van der Waals surface area contributed by atoms with Gasteiger partial charge in [0.15, 0.2) is 0 Å². The highest BCUT2D eigenvalue weighted by Crippen LogP contribution is 2.40. The zero-order chi connectivity index (χ0) is 27.8. The second kappa shape index (κ2) is 10.6. The fraction of sp³-hybridized carbons (Fsp3) is 0.423. The molecule has 2 aromatic carbocycles. The van der Waals surface area contributed by atoms with E-state index in [0.29, 0.717) is 16.8 Å². The Labute approximate surface area is 218 Å². The molecule has 37 heavy (non-hydrogen) atoms. The van der Waals surface area contributed by atoms with Crippen molar-refractivity contribution in [1.29, 1.82) is 0 Å². The van der Waals surface area contributed by atoms with Crippen LogP contribution < -0.4 is 4.31 Å². The van der Waals surface area contributed by atoms with Crippen LogP contribution in [0, 0.1) is 13.8 Å². The number of benzene rings is 2. The molecule has 0 fully saturated rings. The molecular formula is C26H34F2N2O5SSi. The normalized spacial score (nSPS) is 13.6. The molecule has 3 rings (SSSR count). The molecule has 0 aliphatic heterocycles. The third-order valence-corrected chi connectivity index (χ3v) is 10.9. The molecule has 1 unspecified atom stereocenters. The molecule has 11 heteroatoms. The van der Waals surface area contributed by atoms with E-state index < -0.39 is 30.6 Å². The maximum Gasteiger partial charge on any atom is 0.271 e. The van der Waals surface area contributed by atoms with Crippen LogP contribution in [0.3, 0.4) is 0 Å². The number of ether oxygens (including phenoxy) is 1. The number of hydrogen-bond donors (Lipinski definition) is 1. The highest BCUT2D eigenvalue weighted by molar-refractivity contribution is 7.93. The van der Waals surface area contributed by atoms with E-state index in [2.05, 4.69) is 24.8 Å². The quantitative estimate of drug-likeness (QED) is 0.245. The maximum atomic E-state index is 14.7. The van der Waals surface area contributed by atoms with Crippen LogP contribution in [0.15, 0.2) is 51.9 Å². The summed E-state index contributed by atoms with van der Waals surface area (Å²) < 4.78 is 70.1. The minimum Gasteiger partial charge on any atom is -0.392 e. The highest BCUT2D eigenvalue weighted by atomic mass is 32.2. The van der Waals surface area contributed by atoms with Crippen LogP contribution in [0.25, 0.3) is 11.1 Å². The molecule has 1 atom stereocenters. The Bertz CT molecular complexity index is 1360. The SMILES string of the molecule is Cc1noc(N(COC(C)[Si](C)(C)C)S(=O)(=O)c2ccccc2-c2ccc(CO)cc2C(C)(F)F)c1C. The van der Waals surface area contributed by atoms with Crippen molar-refractivity contribution in [3.63, 3.8) is 0 Å². The molecule has 0 spiro atoms. The summed E-state index contributed by atoms with van der Waals surface area (Å²) in [6.07, 6.45) is 0. The van der Waals surface area contributed by atoms with E-state index in [1.807, 2.05) is 6.92 Å². The largest absolute Gasteiger partial charge is 0.392 e. The van der Waals surface area contributed by atoms with Gasteiger partial charge in [-0.05, 0) is 44.0 Å². The monoisotopic (exact) mass is 552 g/mol. The molecule has 0 aliphatic rings. The van der Waals surface area contributed by atoms with Gasteiger partial charge in [0.25, 0.3) is 15.9 Å². The van der Waals surface area contributed by atoms with Crippen LogP contribution in [-0.2, 0) is 27.3 Å². The van der Waals surface area contributed by atoms with Gasteiger partial charge in [0.1, 0.15) is 6.73 Å². The molecule has 1 heterocycles. The first kappa shape index (κ1) is 29.0. The van der Waals surface area contributed by atoms with Gasteiger partial charge in [0, 0.05) is 29.3 Å². The third kappa shape index (κ3) is 6.11. The second-order valence-corrected chi connectivity index (χ2v) is 17.7. The van der Waals surface area contributed by atoms with Crippen LogP contribution in [-0.4, -0.2) is 39.2 Å². The van der Waals surface area contributed by atoms with E-state index >= 15 is 0 Å². The number of nitrogens with zero attached hydrogens (tertiary/aromatic N) is 2. The Hall–Kier alpha value is -2.60. The van der Waals surface area contributed by atoms with Gasteiger partial charge in [-0.2, -0.15) is 0 Å². The Kier molecular flexibility index (Phi) is 8.33. The van der Waals surface area contributed by atoms with E-state index in [4.69, 9.17) is 9.26 Å². The molecule has 1 aromatic heterocycles. The van der Waals surface area contributed by atoms with Gasteiger partial charge in [-0.25, -0.2) is 21.5 Å². The zero-order valence-corrected chi connectivity index (χ0v) is 24.0. The number of aryl methyl sites for hydroxylation is 1. The molecule has 3 aromatic rings. The zero-order valence-electron chi connectivity index (χ0n) is 22.2. The summed E-state index contributed by atoms with van der Waals surface area (Å²) in [6, 6.07) is 10.1. The minimum absolute atomic E-state index is 0.00625. The van der Waals surface area contributed by atoms with Gasteiger partial charge in [0.05, 0.1) is 25.3 Å². The van der Waals surface area contributed by atoms with E-state index in [1.165, 1.54) is 36.4 Å². The average molecular weight is 553 g/mol. The summed E-state index contributed by atoms with van der Waals surface area (Å²) in [4.78, 5) is -0.185. The lowest BCUT2D eigenvalue weighted by atomic mass is 9.94. The maximum absolute atomic E-state index is 14.7. The Morgan fingerprint density at radius 2 is 1.78 bits per heavy atom. The number of aliphatic hydroxyl groups is 1. The smallest absolute Gasteiger partial charge is 0.271 e. The summed E-state index contributed by atoms with van der Waals surface area (Å²) in [7, 11) is -6.14. The third-order valence-electron chi connectivity index (χ3n) is 6.51. The van der Waals surface area contributed by atoms with Crippen LogP contribution in [0.2, 0.25) is 19.6 Å². The predicted molar refractivity (Wildman–Crippen MR) is 142 cm³/mol. The van der Waals surface area contributed by atoms with Crippen molar-refractivity contribution in [2.45, 2.75) is 70.5 Å². The lowest BCUT2D eigenvalue weighted by Gasteiger charge is -2.29. The first-order valence-corrected chi connectivity index (χ1v) is 16.9. The van der Waals surface area contributed by atoms with E-state index in [0.717, 1.165) is 11.2 Å². The molecular weight excluding hydrogens is 518 g/mol. The highest BCUT2D eigenvalue weighted by Gasteiger charge is 2.36. The molecule has 0 radical (unpaired) electrons. The van der Waals surface area contributed by atoms with Gasteiger partial charge < -0.3 is 14.4 Å². The molecule has 0 aliphatic carbocycles. The van der Waals surface area contributed by atoms with Crippen molar-refractivity contribution in [2.24, 2.45) is 0 Å². The molecule has 0 saturated heterocycles. The van der Waals surface area contributed by atoms with E-state index in [9.17, 15) is 22.3 Å². The van der Waals surface area contributed by atoms with Gasteiger partial charge in [-0.15, -0.1) is 0 Å². The van der Waals surface area contributed by atoms with Crippen molar-refractivity contribution >= 4 is 24.0 Å². The van der Waals surface area contributed by atoms with Crippen molar-refractivity contribution in [1.82, 2.24) is 5.16 Å². The summed E-state index contributed by atoms with van der Waals surface area (Å²) in [5.74, 6) is -3.28. The number of anilines is 1. The lowest BCUT2D eigenvalue weighted by molar-refractivity contribution is 0.0179. The van der Waals surface area contributed by atoms with Crippen LogP contribution in [0.5, 0.6) is 0 Å². The fourth-order valence-electron chi connectivity index (χ4n) is 3.62. The average Bonchev–Trinajstić information content (AvgIpc) is 3.15. The van der Waals surface area contributed by atoms with E-state index in [-0.39, 0.29) is 39.9 Å².